The number of nitrogens with zero attached hydrogens (tertiary/aromatic N) is 4. The van der Waals surface area contributed by atoms with Gasteiger partial charge in [0, 0.05) is 6.07 Å². The lowest BCUT2D eigenvalue weighted by Gasteiger charge is -2.06. The Morgan fingerprint density at radius 1 is 1.26 bits per heavy atom. The third-order valence-electron chi connectivity index (χ3n) is 4.07. The first-order chi connectivity index (χ1) is 12.8. The first-order valence-corrected chi connectivity index (χ1v) is 8.22. The standard InChI is InChI=1S/C18H18N4O5/c1-11-8-16(27-20-11)10-26-18(23)15-6-4-14(5-7-15)9-21-13(3)17(22(24)25)12(2)19-21/h4-8H,9-10H2,1-3H3. The van der Waals surface area contributed by atoms with Crippen LogP contribution in [-0.4, -0.2) is 25.8 Å². The van der Waals surface area contributed by atoms with Crippen LogP contribution in [0.2, 0.25) is 0 Å². The van der Waals surface area contributed by atoms with Crippen LogP contribution >= 0.6 is 0 Å². The molecule has 0 saturated heterocycles. The predicted octanol–water partition coefficient (Wildman–Crippen LogP) is 3.11. The Kier molecular flexibility index (Phi) is 5.02. The van der Waals surface area contributed by atoms with Gasteiger partial charge in [-0.3, -0.25) is 14.8 Å². The first kappa shape index (κ1) is 18.3. The quantitative estimate of drug-likeness (QED) is 0.372. The molecular formula is C18H18N4O5. The molecule has 3 rings (SSSR count). The summed E-state index contributed by atoms with van der Waals surface area (Å²) in [4.78, 5) is 22.8. The molecule has 9 nitrogen and oxygen atoms in total. The monoisotopic (exact) mass is 370 g/mol. The summed E-state index contributed by atoms with van der Waals surface area (Å²) in [5.74, 6) is 0.000877. The molecule has 0 spiro atoms. The molecule has 2 aromatic heterocycles. The van der Waals surface area contributed by atoms with Gasteiger partial charge in [0.15, 0.2) is 12.4 Å². The summed E-state index contributed by atoms with van der Waals surface area (Å²) >= 11 is 0. The maximum Gasteiger partial charge on any atom is 0.338 e. The van der Waals surface area contributed by atoms with E-state index in [9.17, 15) is 14.9 Å². The molecule has 0 unspecified atom stereocenters. The minimum Gasteiger partial charge on any atom is -0.454 e. The van der Waals surface area contributed by atoms with Crippen molar-refractivity contribution in [3.05, 3.63) is 74.4 Å². The molecular weight excluding hydrogens is 352 g/mol. The van der Waals surface area contributed by atoms with Crippen LogP contribution in [0.25, 0.3) is 0 Å². The average molecular weight is 370 g/mol. The van der Waals surface area contributed by atoms with Crippen LogP contribution in [0, 0.1) is 30.9 Å². The van der Waals surface area contributed by atoms with Crippen molar-refractivity contribution in [3.63, 3.8) is 0 Å². The third-order valence-corrected chi connectivity index (χ3v) is 4.07. The van der Waals surface area contributed by atoms with Crippen LogP contribution in [-0.2, 0) is 17.9 Å². The molecule has 9 heteroatoms. The number of aryl methyl sites for hydroxylation is 2. The summed E-state index contributed by atoms with van der Waals surface area (Å²) < 4.78 is 11.8. The zero-order chi connectivity index (χ0) is 19.6. The third kappa shape index (κ3) is 4.02. The fraction of sp³-hybridized carbons (Fsp3) is 0.278. The van der Waals surface area contributed by atoms with Gasteiger partial charge in [-0.1, -0.05) is 17.3 Å². The average Bonchev–Trinajstić information content (AvgIpc) is 3.16. The highest BCUT2D eigenvalue weighted by Crippen LogP contribution is 2.22. The normalized spacial score (nSPS) is 10.8. The number of benzene rings is 1. The van der Waals surface area contributed by atoms with Gasteiger partial charge >= 0.3 is 11.7 Å². The number of carbonyl (C=O) groups excluding carboxylic acids is 1. The molecule has 140 valence electrons. The van der Waals surface area contributed by atoms with Crippen molar-refractivity contribution < 1.29 is 19.0 Å². The van der Waals surface area contributed by atoms with Crippen LogP contribution < -0.4 is 0 Å². The van der Waals surface area contributed by atoms with Crippen LogP contribution in [0.15, 0.2) is 34.9 Å². The minimum absolute atomic E-state index is 0.0108. The molecule has 1 aromatic carbocycles. The number of nitro groups is 1. The van der Waals surface area contributed by atoms with E-state index < -0.39 is 10.9 Å². The van der Waals surface area contributed by atoms with Gasteiger partial charge in [-0.05, 0) is 38.5 Å². The second kappa shape index (κ2) is 7.40. The van der Waals surface area contributed by atoms with Crippen molar-refractivity contribution in [3.8, 4) is 0 Å². The van der Waals surface area contributed by atoms with E-state index >= 15 is 0 Å². The molecule has 0 bridgehead atoms. The molecule has 0 aliphatic carbocycles. The van der Waals surface area contributed by atoms with Crippen molar-refractivity contribution in [1.82, 2.24) is 14.9 Å². The summed E-state index contributed by atoms with van der Waals surface area (Å²) in [6.45, 7) is 5.43. The molecule has 0 amide bonds. The van der Waals surface area contributed by atoms with E-state index in [4.69, 9.17) is 9.26 Å². The molecule has 0 saturated carbocycles. The zero-order valence-corrected chi connectivity index (χ0v) is 15.1. The van der Waals surface area contributed by atoms with Crippen molar-refractivity contribution in [2.24, 2.45) is 0 Å². The second-order valence-corrected chi connectivity index (χ2v) is 6.14. The van der Waals surface area contributed by atoms with E-state index in [-0.39, 0.29) is 12.3 Å². The van der Waals surface area contributed by atoms with Gasteiger partial charge in [0.1, 0.15) is 11.4 Å². The summed E-state index contributed by atoms with van der Waals surface area (Å²) in [5, 5.41) is 19.0. The highest BCUT2D eigenvalue weighted by molar-refractivity contribution is 5.89. The molecule has 0 N–H and O–H groups in total. The van der Waals surface area contributed by atoms with Gasteiger partial charge in [-0.15, -0.1) is 0 Å². The van der Waals surface area contributed by atoms with E-state index in [2.05, 4.69) is 10.3 Å². The number of ether oxygens (including phenoxy) is 1. The van der Waals surface area contributed by atoms with Gasteiger partial charge in [0.25, 0.3) is 0 Å². The van der Waals surface area contributed by atoms with Gasteiger partial charge in [-0.25, -0.2) is 4.79 Å². The van der Waals surface area contributed by atoms with Gasteiger partial charge in [0.05, 0.1) is 22.7 Å². The fourth-order valence-corrected chi connectivity index (χ4v) is 2.73. The molecule has 2 heterocycles. The largest absolute Gasteiger partial charge is 0.454 e. The maximum atomic E-state index is 12.1. The van der Waals surface area contributed by atoms with Crippen LogP contribution in [0.3, 0.4) is 0 Å². The van der Waals surface area contributed by atoms with Crippen LogP contribution in [0.1, 0.15) is 38.8 Å². The second-order valence-electron chi connectivity index (χ2n) is 6.14. The van der Waals surface area contributed by atoms with E-state index in [1.165, 1.54) is 0 Å². The number of aromatic nitrogens is 3. The number of carbonyl (C=O) groups is 1. The van der Waals surface area contributed by atoms with Gasteiger partial charge in [-0.2, -0.15) is 5.10 Å². The lowest BCUT2D eigenvalue weighted by atomic mass is 10.1. The Labute approximate surface area is 154 Å². The highest BCUT2D eigenvalue weighted by Gasteiger charge is 2.21. The molecule has 27 heavy (non-hydrogen) atoms. The smallest absolute Gasteiger partial charge is 0.338 e. The summed E-state index contributed by atoms with van der Waals surface area (Å²) in [6, 6.07) is 8.51. The summed E-state index contributed by atoms with van der Waals surface area (Å²) in [7, 11) is 0. The van der Waals surface area contributed by atoms with Gasteiger partial charge < -0.3 is 9.26 Å². The van der Waals surface area contributed by atoms with Crippen LogP contribution in [0.5, 0.6) is 0 Å². The van der Waals surface area contributed by atoms with E-state index in [1.54, 1.807) is 55.8 Å². The van der Waals surface area contributed by atoms with Crippen molar-refractivity contribution in [2.45, 2.75) is 33.9 Å². The Balaban J connectivity index is 1.66. The summed E-state index contributed by atoms with van der Waals surface area (Å²) in [6.07, 6.45) is 0. The Morgan fingerprint density at radius 3 is 2.52 bits per heavy atom. The maximum absolute atomic E-state index is 12.1. The van der Waals surface area contributed by atoms with E-state index in [1.807, 2.05) is 0 Å². The lowest BCUT2D eigenvalue weighted by molar-refractivity contribution is -0.386. The molecule has 0 aliphatic rings. The van der Waals surface area contributed by atoms with Crippen LogP contribution in [0.4, 0.5) is 5.69 Å². The minimum atomic E-state index is -0.475. The zero-order valence-electron chi connectivity index (χ0n) is 15.1. The highest BCUT2D eigenvalue weighted by atomic mass is 16.6. The molecule has 0 fully saturated rings. The molecule has 0 atom stereocenters. The van der Waals surface area contributed by atoms with E-state index in [0.717, 1.165) is 11.3 Å². The Morgan fingerprint density at radius 2 is 1.96 bits per heavy atom. The predicted molar refractivity (Wildman–Crippen MR) is 94.3 cm³/mol. The lowest BCUT2D eigenvalue weighted by Crippen LogP contribution is -2.07. The SMILES string of the molecule is Cc1cc(COC(=O)c2ccc(Cn3nc(C)c([N+](=O)[O-])c3C)cc2)on1. The number of hydrogen-bond acceptors (Lipinski definition) is 7. The van der Waals surface area contributed by atoms with Gasteiger partial charge in [0.2, 0.25) is 0 Å². The fourth-order valence-electron chi connectivity index (χ4n) is 2.73. The Bertz CT molecular complexity index is 988. The molecule has 0 radical (unpaired) electrons. The topological polar surface area (TPSA) is 113 Å². The van der Waals surface area contributed by atoms with Crippen molar-refractivity contribution >= 4 is 11.7 Å². The first-order valence-electron chi connectivity index (χ1n) is 8.22. The van der Waals surface area contributed by atoms with Crippen molar-refractivity contribution in [2.75, 3.05) is 0 Å². The molecule has 0 aliphatic heterocycles. The summed E-state index contributed by atoms with van der Waals surface area (Å²) in [5.41, 5.74) is 2.86. The number of hydrogen-bond donors (Lipinski definition) is 0. The number of esters is 1. The Hall–Kier alpha value is -3.49. The molecule has 3 aromatic rings. The van der Waals surface area contributed by atoms with E-state index in [0.29, 0.717) is 29.3 Å². The number of rotatable bonds is 6. The van der Waals surface area contributed by atoms with Crippen molar-refractivity contribution in [1.29, 1.82) is 0 Å².